The van der Waals surface area contributed by atoms with Crippen molar-refractivity contribution in [3.05, 3.63) is 65.1 Å². The fourth-order valence-corrected chi connectivity index (χ4v) is 4.99. The van der Waals surface area contributed by atoms with Crippen molar-refractivity contribution in [1.29, 1.82) is 0 Å². The lowest BCUT2D eigenvalue weighted by atomic mass is 10.1. The van der Waals surface area contributed by atoms with E-state index in [2.05, 4.69) is 27.1 Å². The number of rotatable bonds is 6. The Morgan fingerprint density at radius 3 is 2.60 bits per heavy atom. The highest BCUT2D eigenvalue weighted by Gasteiger charge is 2.40. The highest BCUT2D eigenvalue weighted by atomic mass is 35.5. The van der Waals surface area contributed by atoms with Crippen molar-refractivity contribution in [1.82, 2.24) is 14.8 Å². The fourth-order valence-electron chi connectivity index (χ4n) is 4.82. The van der Waals surface area contributed by atoms with E-state index in [1.807, 2.05) is 0 Å². The molecule has 0 atom stereocenters. The van der Waals surface area contributed by atoms with Gasteiger partial charge in [-0.3, -0.25) is 4.79 Å². The number of alkyl halides is 3. The molecular formula is C28H28ClF4N5O2. The minimum Gasteiger partial charge on any atom is -0.487 e. The van der Waals surface area contributed by atoms with Crippen molar-refractivity contribution in [2.75, 3.05) is 63.1 Å². The second kappa shape index (κ2) is 11.6. The van der Waals surface area contributed by atoms with E-state index in [0.717, 1.165) is 32.2 Å². The summed E-state index contributed by atoms with van der Waals surface area (Å²) in [7, 11) is 2.07. The van der Waals surface area contributed by atoms with Gasteiger partial charge in [0.1, 0.15) is 12.4 Å². The zero-order valence-corrected chi connectivity index (χ0v) is 22.5. The Kier molecular flexibility index (Phi) is 8.16. The summed E-state index contributed by atoms with van der Waals surface area (Å²) in [4.78, 5) is 22.5. The van der Waals surface area contributed by atoms with Crippen molar-refractivity contribution in [2.24, 2.45) is 0 Å². The van der Waals surface area contributed by atoms with Crippen LogP contribution < -0.4 is 15.0 Å². The highest BCUT2D eigenvalue weighted by Crippen LogP contribution is 2.46. The first-order chi connectivity index (χ1) is 19.1. The third kappa shape index (κ3) is 6.32. The molecule has 1 N–H and O–H groups in total. The molecular weight excluding hydrogens is 550 g/mol. The van der Waals surface area contributed by atoms with Crippen LogP contribution in [0, 0.1) is 5.82 Å². The van der Waals surface area contributed by atoms with E-state index >= 15 is 0 Å². The summed E-state index contributed by atoms with van der Waals surface area (Å²) in [5.74, 6) is -1.35. The Balaban J connectivity index is 1.42. The Morgan fingerprint density at radius 1 is 1.07 bits per heavy atom. The van der Waals surface area contributed by atoms with Gasteiger partial charge in [-0.15, -0.1) is 0 Å². The molecule has 0 saturated carbocycles. The number of ether oxygens (including phenoxy) is 1. The zero-order valence-electron chi connectivity index (χ0n) is 21.8. The zero-order chi connectivity index (χ0) is 28.4. The summed E-state index contributed by atoms with van der Waals surface area (Å²) >= 11 is 6.00. The maximum atomic E-state index is 14.6. The third-order valence-corrected chi connectivity index (χ3v) is 7.21. The monoisotopic (exact) mass is 577 g/mol. The Hall–Kier alpha value is -3.41. The number of halogens is 5. The Morgan fingerprint density at radius 2 is 1.85 bits per heavy atom. The highest BCUT2D eigenvalue weighted by molar-refractivity contribution is 6.30. The molecule has 2 aliphatic heterocycles. The average Bonchev–Trinajstić information content (AvgIpc) is 2.92. The molecule has 0 aliphatic carbocycles. The predicted molar refractivity (Wildman–Crippen MR) is 146 cm³/mol. The van der Waals surface area contributed by atoms with E-state index in [-0.39, 0.29) is 41.0 Å². The van der Waals surface area contributed by atoms with Crippen molar-refractivity contribution in [3.63, 3.8) is 0 Å². The molecule has 0 spiro atoms. The molecule has 7 nitrogen and oxygen atoms in total. The van der Waals surface area contributed by atoms with E-state index in [1.54, 1.807) is 29.2 Å². The summed E-state index contributed by atoms with van der Waals surface area (Å²) in [6.07, 6.45) is -4.53. The molecule has 1 aromatic heterocycles. The first-order valence-electron chi connectivity index (χ1n) is 12.9. The Bertz CT molecular complexity index is 1400. The normalized spacial score (nSPS) is 16.4. The summed E-state index contributed by atoms with van der Waals surface area (Å²) in [6, 6.07) is 11.8. The maximum absolute atomic E-state index is 14.6. The van der Waals surface area contributed by atoms with Gasteiger partial charge in [0, 0.05) is 61.1 Å². The fraction of sp³-hybridized carbons (Fsp3) is 0.357. The number of nitrogens with zero attached hydrogens (tertiary/aromatic N) is 4. The molecule has 1 amide bonds. The minimum absolute atomic E-state index is 0.0236. The van der Waals surface area contributed by atoms with E-state index in [4.69, 9.17) is 16.3 Å². The van der Waals surface area contributed by atoms with Crippen molar-refractivity contribution < 1.29 is 27.1 Å². The summed E-state index contributed by atoms with van der Waals surface area (Å²) in [6.45, 7) is 4.59. The van der Waals surface area contributed by atoms with Crippen molar-refractivity contribution >= 4 is 34.6 Å². The molecule has 3 heterocycles. The number of likely N-dealkylation sites (N-methyl/N-ethyl adjacent to an activating group) is 1. The number of pyridine rings is 1. The molecule has 3 aromatic rings. The van der Waals surface area contributed by atoms with Gasteiger partial charge in [-0.05, 0) is 49.5 Å². The number of hydrogen-bond acceptors (Lipinski definition) is 6. The third-order valence-electron chi connectivity index (χ3n) is 6.97. The van der Waals surface area contributed by atoms with E-state index in [0.29, 0.717) is 24.3 Å². The molecule has 1 saturated heterocycles. The van der Waals surface area contributed by atoms with Crippen LogP contribution >= 0.6 is 11.6 Å². The number of carbonyl (C=O) groups is 1. The van der Waals surface area contributed by atoms with Gasteiger partial charge >= 0.3 is 6.18 Å². The lowest BCUT2D eigenvalue weighted by molar-refractivity contribution is -0.142. The van der Waals surface area contributed by atoms with E-state index < -0.39 is 23.4 Å². The van der Waals surface area contributed by atoms with Gasteiger partial charge in [0.15, 0.2) is 11.4 Å². The lowest BCUT2D eigenvalue weighted by Gasteiger charge is -2.33. The standard InChI is InChI=1S/C28H28ClF4N5O2/c1-36-9-11-37(12-10-36)8-7-25(39)34-19-3-2-4-20(16-19)38-13-14-40-26-24(38)17-23(35-27(26)28(31,32)33)21-15-18(29)5-6-22(21)30/h2-6,15-17H,7-14H2,1H3,(H,34,39). The van der Waals surface area contributed by atoms with Crippen LogP contribution in [0.2, 0.25) is 5.02 Å². The number of amides is 1. The Labute approximate surface area is 234 Å². The van der Waals surface area contributed by atoms with Gasteiger partial charge in [-0.25, -0.2) is 9.37 Å². The molecule has 1 fully saturated rings. The van der Waals surface area contributed by atoms with Crippen LogP contribution in [0.3, 0.4) is 0 Å². The second-order valence-corrected chi connectivity index (χ2v) is 10.3. The van der Waals surface area contributed by atoms with Crippen LogP contribution in [-0.2, 0) is 11.0 Å². The van der Waals surface area contributed by atoms with Gasteiger partial charge in [0.2, 0.25) is 5.91 Å². The number of aromatic nitrogens is 1. The molecule has 212 valence electrons. The summed E-state index contributed by atoms with van der Waals surface area (Å²) in [5.41, 5.74) is -0.500. The molecule has 0 radical (unpaired) electrons. The molecule has 5 rings (SSSR count). The largest absolute Gasteiger partial charge is 0.487 e. The van der Waals surface area contributed by atoms with Crippen LogP contribution in [0.5, 0.6) is 5.75 Å². The number of piperazine rings is 1. The number of hydrogen-bond donors (Lipinski definition) is 1. The first-order valence-corrected chi connectivity index (χ1v) is 13.2. The molecule has 0 unspecified atom stereocenters. The average molecular weight is 578 g/mol. The molecule has 0 bridgehead atoms. The maximum Gasteiger partial charge on any atom is 0.437 e. The minimum atomic E-state index is -4.85. The van der Waals surface area contributed by atoms with Gasteiger partial charge in [-0.1, -0.05) is 17.7 Å². The van der Waals surface area contributed by atoms with Crippen LogP contribution in [0.4, 0.5) is 34.6 Å². The number of benzene rings is 2. The molecule has 40 heavy (non-hydrogen) atoms. The molecule has 2 aromatic carbocycles. The van der Waals surface area contributed by atoms with Gasteiger partial charge in [-0.2, -0.15) is 13.2 Å². The van der Waals surface area contributed by atoms with Crippen LogP contribution in [0.25, 0.3) is 11.3 Å². The smallest absolute Gasteiger partial charge is 0.437 e. The summed E-state index contributed by atoms with van der Waals surface area (Å²) in [5, 5.41) is 3.05. The topological polar surface area (TPSA) is 60.9 Å². The quantitative estimate of drug-likeness (QED) is 0.381. The lowest BCUT2D eigenvalue weighted by Crippen LogP contribution is -2.45. The van der Waals surface area contributed by atoms with Gasteiger partial charge < -0.3 is 24.8 Å². The molecule has 2 aliphatic rings. The molecule has 12 heteroatoms. The second-order valence-electron chi connectivity index (χ2n) is 9.82. The number of nitrogens with one attached hydrogen (secondary N) is 1. The predicted octanol–water partition coefficient (Wildman–Crippen LogP) is 5.67. The van der Waals surface area contributed by atoms with Crippen LogP contribution in [0.1, 0.15) is 12.1 Å². The van der Waals surface area contributed by atoms with Crippen LogP contribution in [-0.4, -0.2) is 73.6 Å². The van der Waals surface area contributed by atoms with E-state index in [9.17, 15) is 22.4 Å². The van der Waals surface area contributed by atoms with E-state index in [1.165, 1.54) is 18.2 Å². The van der Waals surface area contributed by atoms with Crippen molar-refractivity contribution in [3.8, 4) is 17.0 Å². The van der Waals surface area contributed by atoms with Gasteiger partial charge in [0.05, 0.1) is 17.9 Å². The van der Waals surface area contributed by atoms with Crippen molar-refractivity contribution in [2.45, 2.75) is 12.6 Å². The number of anilines is 3. The summed E-state index contributed by atoms with van der Waals surface area (Å²) < 4.78 is 62.3. The SMILES string of the molecule is CN1CCN(CCC(=O)Nc2cccc(N3CCOc4c3cc(-c3cc(Cl)ccc3F)nc4C(F)(F)F)c2)CC1. The van der Waals surface area contributed by atoms with Gasteiger partial charge in [0.25, 0.3) is 0 Å². The number of carbonyl (C=O) groups excluding carboxylic acids is 1. The first kappa shape index (κ1) is 28.1. The number of fused-ring (bicyclic) bond motifs is 1. The van der Waals surface area contributed by atoms with Crippen LogP contribution in [0.15, 0.2) is 48.5 Å².